The molecule has 0 atom stereocenters. The maximum absolute atomic E-state index is 11.7. The molecule has 2 rings (SSSR count). The van der Waals surface area contributed by atoms with Crippen LogP contribution in [-0.4, -0.2) is 12.1 Å². The average Bonchev–Trinajstić information content (AvgIpc) is 2.41. The van der Waals surface area contributed by atoms with Crippen molar-refractivity contribution in [3.8, 4) is 0 Å². The van der Waals surface area contributed by atoms with Crippen molar-refractivity contribution in [1.82, 2.24) is 5.43 Å². The lowest BCUT2D eigenvalue weighted by molar-refractivity contribution is -0.120. The number of nitrogens with one attached hydrogen (secondary N) is 1. The van der Waals surface area contributed by atoms with Crippen LogP contribution >= 0.6 is 27.5 Å². The molecular formula is C15H12BrClN2O. The molecule has 0 heterocycles. The number of carbonyl (C=O) groups excluding carboxylic acids is 1. The molecule has 0 bridgehead atoms. The fourth-order valence-electron chi connectivity index (χ4n) is 1.59. The predicted molar refractivity (Wildman–Crippen MR) is 85.0 cm³/mol. The average molecular weight is 352 g/mol. The maximum Gasteiger partial charge on any atom is 0.244 e. The molecule has 0 saturated heterocycles. The van der Waals surface area contributed by atoms with E-state index in [9.17, 15) is 4.79 Å². The van der Waals surface area contributed by atoms with Crippen molar-refractivity contribution in [3.63, 3.8) is 0 Å². The highest BCUT2D eigenvalue weighted by molar-refractivity contribution is 9.10. The van der Waals surface area contributed by atoms with Crippen molar-refractivity contribution in [2.45, 2.75) is 6.42 Å². The fraction of sp³-hybridized carbons (Fsp3) is 0.0667. The first-order chi connectivity index (χ1) is 9.63. The molecule has 0 unspecified atom stereocenters. The fourth-order valence-corrected chi connectivity index (χ4v) is 2.06. The van der Waals surface area contributed by atoms with Gasteiger partial charge in [0.15, 0.2) is 0 Å². The number of nitrogens with zero attached hydrogens (tertiary/aromatic N) is 1. The molecule has 2 aromatic rings. The number of amides is 1. The van der Waals surface area contributed by atoms with E-state index in [4.69, 9.17) is 11.6 Å². The van der Waals surface area contributed by atoms with E-state index >= 15 is 0 Å². The number of hydrazone groups is 1. The Balaban J connectivity index is 1.87. The van der Waals surface area contributed by atoms with Crippen LogP contribution in [0.2, 0.25) is 5.02 Å². The first kappa shape index (κ1) is 14.8. The molecule has 2 aromatic carbocycles. The zero-order valence-corrected chi connectivity index (χ0v) is 12.9. The largest absolute Gasteiger partial charge is 0.273 e. The van der Waals surface area contributed by atoms with Gasteiger partial charge in [-0.05, 0) is 35.4 Å². The van der Waals surface area contributed by atoms with E-state index in [1.807, 2.05) is 36.4 Å². The summed E-state index contributed by atoms with van der Waals surface area (Å²) in [6.07, 6.45) is 1.85. The van der Waals surface area contributed by atoms with E-state index in [-0.39, 0.29) is 5.91 Å². The number of hydrogen-bond acceptors (Lipinski definition) is 2. The summed E-state index contributed by atoms with van der Waals surface area (Å²) in [6, 6.07) is 14.8. The zero-order valence-electron chi connectivity index (χ0n) is 10.5. The van der Waals surface area contributed by atoms with Crippen LogP contribution in [0.3, 0.4) is 0 Å². The topological polar surface area (TPSA) is 41.5 Å². The molecule has 0 aromatic heterocycles. The molecule has 1 N–H and O–H groups in total. The summed E-state index contributed by atoms with van der Waals surface area (Å²) < 4.78 is 0.987. The highest BCUT2D eigenvalue weighted by Crippen LogP contribution is 2.11. The number of carbonyl (C=O) groups is 1. The molecular weight excluding hydrogens is 340 g/mol. The minimum Gasteiger partial charge on any atom is -0.273 e. The van der Waals surface area contributed by atoms with Crippen LogP contribution < -0.4 is 5.43 Å². The second-order valence-electron chi connectivity index (χ2n) is 4.15. The van der Waals surface area contributed by atoms with Crippen LogP contribution in [0.25, 0.3) is 0 Å². The van der Waals surface area contributed by atoms with Crippen LogP contribution in [0.15, 0.2) is 58.1 Å². The number of hydrogen-bond donors (Lipinski definition) is 1. The van der Waals surface area contributed by atoms with Crippen molar-refractivity contribution < 1.29 is 4.79 Å². The predicted octanol–water partition coefficient (Wildman–Crippen LogP) is 3.80. The van der Waals surface area contributed by atoms with Gasteiger partial charge >= 0.3 is 0 Å². The number of rotatable bonds is 4. The van der Waals surface area contributed by atoms with Crippen LogP contribution in [0.1, 0.15) is 11.1 Å². The molecule has 0 saturated carbocycles. The first-order valence-electron chi connectivity index (χ1n) is 5.95. The molecule has 1 amide bonds. The molecule has 0 aliphatic carbocycles. The third-order valence-corrected chi connectivity index (χ3v) is 3.29. The summed E-state index contributed by atoms with van der Waals surface area (Å²) in [7, 11) is 0. The lowest BCUT2D eigenvalue weighted by Gasteiger charge is -2.00. The van der Waals surface area contributed by atoms with Gasteiger partial charge in [0.1, 0.15) is 0 Å². The minimum absolute atomic E-state index is 0.161. The Kier molecular flexibility index (Phi) is 5.32. The van der Waals surface area contributed by atoms with Gasteiger partial charge in [-0.3, -0.25) is 4.79 Å². The summed E-state index contributed by atoms with van der Waals surface area (Å²) in [5.41, 5.74) is 4.26. The van der Waals surface area contributed by atoms with Gasteiger partial charge in [0.05, 0.1) is 12.6 Å². The van der Waals surface area contributed by atoms with Crippen LogP contribution in [-0.2, 0) is 11.2 Å². The summed E-state index contributed by atoms with van der Waals surface area (Å²) in [5.74, 6) is -0.161. The first-order valence-corrected chi connectivity index (χ1v) is 7.12. The van der Waals surface area contributed by atoms with Gasteiger partial charge in [-0.2, -0.15) is 5.10 Å². The van der Waals surface area contributed by atoms with Crippen LogP contribution in [0.4, 0.5) is 0 Å². The third-order valence-electron chi connectivity index (χ3n) is 2.53. The Morgan fingerprint density at radius 3 is 2.70 bits per heavy atom. The second kappa shape index (κ2) is 7.22. The van der Waals surface area contributed by atoms with E-state index < -0.39 is 0 Å². The van der Waals surface area contributed by atoms with Crippen LogP contribution in [0, 0.1) is 0 Å². The van der Waals surface area contributed by atoms with Gasteiger partial charge in [0, 0.05) is 9.50 Å². The van der Waals surface area contributed by atoms with Gasteiger partial charge < -0.3 is 0 Å². The molecule has 0 fully saturated rings. The normalized spacial score (nSPS) is 10.7. The van der Waals surface area contributed by atoms with E-state index in [2.05, 4.69) is 26.5 Å². The van der Waals surface area contributed by atoms with E-state index in [1.54, 1.807) is 18.3 Å². The van der Waals surface area contributed by atoms with Gasteiger partial charge in [-0.1, -0.05) is 51.8 Å². The lowest BCUT2D eigenvalue weighted by Crippen LogP contribution is -2.19. The van der Waals surface area contributed by atoms with E-state index in [0.717, 1.165) is 15.6 Å². The van der Waals surface area contributed by atoms with E-state index in [0.29, 0.717) is 11.4 Å². The molecule has 20 heavy (non-hydrogen) atoms. The van der Waals surface area contributed by atoms with Crippen molar-refractivity contribution >= 4 is 39.7 Å². The quantitative estimate of drug-likeness (QED) is 0.661. The van der Waals surface area contributed by atoms with Crippen LogP contribution in [0.5, 0.6) is 0 Å². The van der Waals surface area contributed by atoms with Gasteiger partial charge in [0.25, 0.3) is 0 Å². The zero-order chi connectivity index (χ0) is 14.4. The van der Waals surface area contributed by atoms with Gasteiger partial charge in [-0.25, -0.2) is 5.43 Å². The standard InChI is InChI=1S/C15H12BrClN2O/c16-13-6-4-11(5-7-13)9-15(20)19-18-10-12-2-1-3-14(17)8-12/h1-8,10H,9H2,(H,19,20)/b18-10+. The van der Waals surface area contributed by atoms with E-state index in [1.165, 1.54) is 0 Å². The summed E-state index contributed by atoms with van der Waals surface area (Å²) in [4.78, 5) is 11.7. The summed E-state index contributed by atoms with van der Waals surface area (Å²) in [5, 5.41) is 4.54. The number of benzene rings is 2. The SMILES string of the molecule is O=C(Cc1ccc(Br)cc1)N/N=C/c1cccc(Cl)c1. The second-order valence-corrected chi connectivity index (χ2v) is 5.50. The highest BCUT2D eigenvalue weighted by Gasteiger charge is 2.01. The smallest absolute Gasteiger partial charge is 0.244 e. The van der Waals surface area contributed by atoms with Crippen molar-refractivity contribution in [2.75, 3.05) is 0 Å². The maximum atomic E-state index is 11.7. The Labute approximate surface area is 130 Å². The van der Waals surface area contributed by atoms with Crippen molar-refractivity contribution in [2.24, 2.45) is 5.10 Å². The van der Waals surface area contributed by atoms with Crippen molar-refractivity contribution in [1.29, 1.82) is 0 Å². The number of halogens is 2. The molecule has 0 aliphatic heterocycles. The third kappa shape index (κ3) is 4.79. The molecule has 102 valence electrons. The Morgan fingerprint density at radius 2 is 2.00 bits per heavy atom. The molecule has 0 spiro atoms. The Hall–Kier alpha value is -1.65. The Bertz CT molecular complexity index is 626. The summed E-state index contributed by atoms with van der Waals surface area (Å²) in [6.45, 7) is 0. The molecule has 3 nitrogen and oxygen atoms in total. The highest BCUT2D eigenvalue weighted by atomic mass is 79.9. The molecule has 5 heteroatoms. The van der Waals surface area contributed by atoms with Gasteiger partial charge in [-0.15, -0.1) is 0 Å². The lowest BCUT2D eigenvalue weighted by atomic mass is 10.1. The molecule has 0 aliphatic rings. The van der Waals surface area contributed by atoms with Crippen molar-refractivity contribution in [3.05, 3.63) is 69.2 Å². The summed E-state index contributed by atoms with van der Waals surface area (Å²) >= 11 is 9.20. The molecule has 0 radical (unpaired) electrons. The monoisotopic (exact) mass is 350 g/mol. The minimum atomic E-state index is -0.161. The Morgan fingerprint density at radius 1 is 1.25 bits per heavy atom. The van der Waals surface area contributed by atoms with Gasteiger partial charge in [0.2, 0.25) is 5.91 Å².